The average molecular weight is 704 g/mol. The van der Waals surface area contributed by atoms with Gasteiger partial charge in [0.1, 0.15) is 11.9 Å². The van der Waals surface area contributed by atoms with Gasteiger partial charge in [-0.25, -0.2) is 23.9 Å². The van der Waals surface area contributed by atoms with Crippen molar-refractivity contribution in [2.45, 2.75) is 71.2 Å². The van der Waals surface area contributed by atoms with Crippen LogP contribution in [-0.2, 0) is 51.5 Å². The molecule has 0 saturated heterocycles. The summed E-state index contributed by atoms with van der Waals surface area (Å²) in [6.45, 7) is 5.85. The lowest BCUT2D eigenvalue weighted by atomic mass is 10.1. The number of nitrogens with two attached hydrogens (primary N) is 1. The number of fused-ring (bicyclic) bond motifs is 3. The Morgan fingerprint density at radius 3 is 2.14 bits per heavy atom. The van der Waals surface area contributed by atoms with Gasteiger partial charge >= 0.3 is 11.9 Å². The predicted molar refractivity (Wildman–Crippen MR) is 163 cm³/mol. The van der Waals surface area contributed by atoms with Gasteiger partial charge in [-0.3, -0.25) is 4.79 Å². The molecular formula is C28H34BrCl2FN6O5. The lowest BCUT2D eigenvalue weighted by Gasteiger charge is -2.25. The Hall–Kier alpha value is -3.00. The van der Waals surface area contributed by atoms with Crippen LogP contribution >= 0.6 is 40.7 Å². The second-order valence-corrected chi connectivity index (χ2v) is 10.9. The molecule has 0 radical (unpaired) electrons. The highest BCUT2D eigenvalue weighted by Crippen LogP contribution is 2.36. The third-order valence-corrected chi connectivity index (χ3v) is 7.94. The minimum absolute atomic E-state index is 0. The number of aryl methyl sites for hydroxylation is 2. The van der Waals surface area contributed by atoms with E-state index in [2.05, 4.69) is 30.5 Å². The van der Waals surface area contributed by atoms with Crippen molar-refractivity contribution >= 4 is 58.6 Å². The highest BCUT2D eigenvalue weighted by atomic mass is 79.9. The molecule has 234 valence electrons. The second kappa shape index (κ2) is 14.7. The Morgan fingerprint density at radius 1 is 0.977 bits per heavy atom. The van der Waals surface area contributed by atoms with E-state index in [-0.39, 0.29) is 43.5 Å². The van der Waals surface area contributed by atoms with E-state index >= 15 is 0 Å². The number of nitrogens with zero attached hydrogens (tertiary/aromatic N) is 5. The normalized spacial score (nSPS) is 15.7. The summed E-state index contributed by atoms with van der Waals surface area (Å²) < 4.78 is 28.9. The van der Waals surface area contributed by atoms with E-state index in [0.717, 1.165) is 50.2 Å². The zero-order valence-electron chi connectivity index (χ0n) is 23.8. The van der Waals surface area contributed by atoms with Crippen molar-refractivity contribution in [2.24, 2.45) is 5.73 Å². The van der Waals surface area contributed by atoms with E-state index in [4.69, 9.17) is 15.2 Å². The summed E-state index contributed by atoms with van der Waals surface area (Å²) in [5.41, 5.74) is 9.57. The topological polar surface area (TPSA) is 135 Å². The van der Waals surface area contributed by atoms with Crippen LogP contribution in [0, 0.1) is 5.82 Å². The van der Waals surface area contributed by atoms with Crippen LogP contribution in [0.1, 0.15) is 77.5 Å². The number of hydrogen-bond donors (Lipinski definition) is 1. The molecular weight excluding hydrogens is 670 g/mol. The summed E-state index contributed by atoms with van der Waals surface area (Å²) in [7, 11) is 0. The first kappa shape index (κ1) is 34.5. The zero-order valence-corrected chi connectivity index (χ0v) is 27.0. The summed E-state index contributed by atoms with van der Waals surface area (Å²) in [5.74, 6) is -1.80. The maximum Gasteiger partial charge on any atom is 0.335 e. The largest absolute Gasteiger partial charge is 0.465 e. The number of carbonyl (C=O) groups is 3. The molecule has 0 aliphatic carbocycles. The van der Waals surface area contributed by atoms with Crippen molar-refractivity contribution < 1.29 is 28.2 Å². The van der Waals surface area contributed by atoms with E-state index in [1.54, 1.807) is 32.6 Å². The molecule has 0 bridgehead atoms. The number of imidazole rings is 2. The summed E-state index contributed by atoms with van der Waals surface area (Å²) >= 11 is 3.22. The highest BCUT2D eigenvalue weighted by molar-refractivity contribution is 9.10. The minimum atomic E-state index is -0.970. The molecule has 3 aliphatic heterocycles. The molecule has 6 rings (SSSR count). The molecule has 5 heterocycles. The van der Waals surface area contributed by atoms with Gasteiger partial charge in [0.25, 0.3) is 5.91 Å². The first-order valence-corrected chi connectivity index (χ1v) is 14.5. The molecule has 1 aromatic carbocycles. The number of rotatable bonds is 7. The van der Waals surface area contributed by atoms with Gasteiger partial charge in [-0.15, -0.1) is 24.8 Å². The summed E-state index contributed by atoms with van der Waals surface area (Å²) in [5, 5.41) is 0. The second-order valence-electron chi connectivity index (χ2n) is 9.98. The van der Waals surface area contributed by atoms with Gasteiger partial charge in [-0.1, -0.05) is 15.9 Å². The zero-order chi connectivity index (χ0) is 29.3. The number of amides is 1. The first-order valence-electron chi connectivity index (χ1n) is 13.7. The molecule has 2 N–H and O–H groups in total. The fourth-order valence-corrected chi connectivity index (χ4v) is 6.04. The Morgan fingerprint density at radius 2 is 1.53 bits per heavy atom. The Kier molecular flexibility index (Phi) is 11.8. The van der Waals surface area contributed by atoms with Crippen LogP contribution in [0.15, 0.2) is 29.3 Å². The Balaban J connectivity index is 0.000000256. The van der Waals surface area contributed by atoms with Gasteiger partial charge < -0.3 is 29.2 Å². The van der Waals surface area contributed by atoms with Crippen molar-refractivity contribution in [3.05, 3.63) is 69.0 Å². The molecule has 2 atom stereocenters. The molecule has 0 saturated carbocycles. The van der Waals surface area contributed by atoms with Crippen LogP contribution in [0.3, 0.4) is 0 Å². The van der Waals surface area contributed by atoms with E-state index in [0.29, 0.717) is 28.0 Å². The minimum Gasteiger partial charge on any atom is -0.465 e. The lowest BCUT2D eigenvalue weighted by molar-refractivity contribution is -0.149. The lowest BCUT2D eigenvalue weighted by Crippen LogP contribution is -2.36. The third kappa shape index (κ3) is 6.74. The molecule has 0 spiro atoms. The average Bonchev–Trinajstić information content (AvgIpc) is 3.74. The third-order valence-electron chi connectivity index (χ3n) is 7.48. The van der Waals surface area contributed by atoms with Gasteiger partial charge in [-0.05, 0) is 51.7 Å². The Labute approximate surface area is 269 Å². The quantitative estimate of drug-likeness (QED) is 0.362. The van der Waals surface area contributed by atoms with Crippen molar-refractivity contribution in [2.75, 3.05) is 13.2 Å². The van der Waals surface area contributed by atoms with Gasteiger partial charge in [0, 0.05) is 40.1 Å². The monoisotopic (exact) mass is 702 g/mol. The number of carbonyl (C=O) groups excluding carboxylic acids is 3. The highest BCUT2D eigenvalue weighted by Gasteiger charge is 2.42. The van der Waals surface area contributed by atoms with E-state index < -0.39 is 35.7 Å². The van der Waals surface area contributed by atoms with Gasteiger partial charge in [-0.2, -0.15) is 0 Å². The van der Waals surface area contributed by atoms with Crippen molar-refractivity contribution in [1.82, 2.24) is 24.0 Å². The number of hydrogen-bond acceptors (Lipinski definition) is 8. The maximum absolute atomic E-state index is 14.3. The van der Waals surface area contributed by atoms with E-state index in [1.807, 2.05) is 4.57 Å². The Bertz CT molecular complexity index is 1500. The van der Waals surface area contributed by atoms with Gasteiger partial charge in [0.15, 0.2) is 6.04 Å². The van der Waals surface area contributed by atoms with Crippen LogP contribution in [0.5, 0.6) is 0 Å². The maximum atomic E-state index is 14.3. The fraction of sp³-hybridized carbons (Fsp3) is 0.464. The van der Waals surface area contributed by atoms with Crippen molar-refractivity contribution in [3.8, 4) is 0 Å². The molecule has 1 amide bonds. The molecule has 3 aromatic rings. The van der Waals surface area contributed by atoms with Crippen LogP contribution < -0.4 is 5.73 Å². The van der Waals surface area contributed by atoms with Crippen LogP contribution in [-0.4, -0.2) is 55.1 Å². The molecule has 43 heavy (non-hydrogen) atoms. The van der Waals surface area contributed by atoms with E-state index in [9.17, 15) is 18.8 Å². The van der Waals surface area contributed by atoms with Crippen LogP contribution in [0.2, 0.25) is 0 Å². The molecule has 11 nitrogen and oxygen atoms in total. The summed E-state index contributed by atoms with van der Waals surface area (Å²) in [4.78, 5) is 47.0. The predicted octanol–water partition coefficient (Wildman–Crippen LogP) is 4.23. The van der Waals surface area contributed by atoms with Crippen molar-refractivity contribution in [1.29, 1.82) is 0 Å². The van der Waals surface area contributed by atoms with Crippen LogP contribution in [0.4, 0.5) is 4.39 Å². The molecule has 2 aromatic heterocycles. The first-order chi connectivity index (χ1) is 19.7. The number of aromatic nitrogens is 4. The van der Waals surface area contributed by atoms with E-state index in [1.165, 1.54) is 11.0 Å². The van der Waals surface area contributed by atoms with Gasteiger partial charge in [0.05, 0.1) is 43.8 Å². The summed E-state index contributed by atoms with van der Waals surface area (Å²) in [6.07, 6.45) is 7.24. The standard InChI is InChI=1S/C18H17BrFN3O3.C10H15N3O2.2ClH/c1-2-26-18(25)16(15-14-4-3-5-22(14)9-21-15)23-8-12-11(17(23)24)6-10(19)7-13(12)20;1-2-15-10(14)8(11)9-7-4-3-5-13(7)6-12-9;;/h6-7,9,16H,2-5,8H2,1H3;6,8H,2-5,11H2,1H3;2*1H. The van der Waals surface area contributed by atoms with Crippen molar-refractivity contribution in [3.63, 3.8) is 0 Å². The number of ether oxygens (including phenoxy) is 2. The molecule has 3 aliphatic rings. The van der Waals surface area contributed by atoms with Crippen LogP contribution in [0.25, 0.3) is 0 Å². The number of esters is 2. The SMILES string of the molecule is CCOC(=O)C(N)c1ncn2c1CCC2.CCOC(=O)C(c1ncn2c1CCC2)N1Cc2c(F)cc(Br)cc2C1=O.Cl.Cl. The summed E-state index contributed by atoms with van der Waals surface area (Å²) in [6, 6.07) is 1.20. The smallest absolute Gasteiger partial charge is 0.335 e. The molecule has 2 unspecified atom stereocenters. The fourth-order valence-electron chi connectivity index (χ4n) is 5.61. The number of benzene rings is 1. The number of halogens is 4. The molecule has 0 fully saturated rings. The van der Waals surface area contributed by atoms with Gasteiger partial charge in [0.2, 0.25) is 0 Å². The molecule has 15 heteroatoms.